The number of carboxylic acid groups (broad SMARTS) is 2. The lowest BCUT2D eigenvalue weighted by Gasteiger charge is -2.22. The summed E-state index contributed by atoms with van der Waals surface area (Å²) < 4.78 is 10.1. The number of nitrogens with two attached hydrogens (primary N) is 1. The molecule has 0 unspecified atom stereocenters. The van der Waals surface area contributed by atoms with Gasteiger partial charge in [0.25, 0.3) is 11.8 Å². The van der Waals surface area contributed by atoms with Gasteiger partial charge in [-0.1, -0.05) is 60.7 Å². The average Bonchev–Trinajstić information content (AvgIpc) is 2.88. The zero-order valence-electron chi connectivity index (χ0n) is 20.9. The van der Waals surface area contributed by atoms with Crippen molar-refractivity contribution in [2.24, 2.45) is 5.84 Å². The Labute approximate surface area is 218 Å². The second-order valence-electron chi connectivity index (χ2n) is 7.46. The molecule has 38 heavy (non-hydrogen) atoms. The van der Waals surface area contributed by atoms with Crippen molar-refractivity contribution < 1.29 is 43.7 Å². The Morgan fingerprint density at radius 2 is 1.16 bits per heavy atom. The summed E-state index contributed by atoms with van der Waals surface area (Å²) >= 11 is 0. The molecule has 15 heteroatoms. The Morgan fingerprint density at radius 3 is 1.53 bits per heavy atom. The first-order chi connectivity index (χ1) is 17.9. The van der Waals surface area contributed by atoms with Crippen molar-refractivity contribution in [3.8, 4) is 0 Å². The van der Waals surface area contributed by atoms with E-state index < -0.39 is 36.2 Å². The van der Waals surface area contributed by atoms with Gasteiger partial charge in [-0.05, 0) is 11.1 Å². The fourth-order valence-electron chi connectivity index (χ4n) is 2.39. The number of benzene rings is 2. The first-order valence-corrected chi connectivity index (χ1v) is 10.8. The van der Waals surface area contributed by atoms with Crippen LogP contribution in [0, 0.1) is 0 Å². The maximum atomic E-state index is 12.1. The number of rotatable bonds is 7. The summed E-state index contributed by atoms with van der Waals surface area (Å²) in [6.45, 7) is 0.126. The zero-order chi connectivity index (χ0) is 28.7. The zero-order valence-corrected chi connectivity index (χ0v) is 20.9. The van der Waals surface area contributed by atoms with E-state index in [0.717, 1.165) is 24.7 Å². The first-order valence-electron chi connectivity index (χ1n) is 10.8. The number of hydrogen-bond donors (Lipinski definition) is 5. The molecule has 0 aliphatic rings. The molecule has 5 amide bonds. The number of carbonyl (C=O) groups excluding carboxylic acids is 3. The minimum Gasteiger partial charge on any atom is -0.464 e. The average molecular weight is 535 g/mol. The number of hydrogen-bond acceptors (Lipinski definition) is 8. The molecule has 6 N–H and O–H groups in total. The van der Waals surface area contributed by atoms with Crippen LogP contribution in [0.25, 0.3) is 0 Å². The highest BCUT2D eigenvalue weighted by Crippen LogP contribution is 2.05. The van der Waals surface area contributed by atoms with Crippen molar-refractivity contribution in [3.63, 3.8) is 0 Å². The highest BCUT2D eigenvalue weighted by Gasteiger charge is 2.31. The van der Waals surface area contributed by atoms with E-state index in [9.17, 15) is 24.0 Å². The van der Waals surface area contributed by atoms with Crippen molar-refractivity contribution >= 4 is 30.1 Å². The number of amides is 5. The summed E-state index contributed by atoms with van der Waals surface area (Å²) in [5.74, 6) is 3.01. The second-order valence-corrected chi connectivity index (χ2v) is 7.46. The first kappa shape index (κ1) is 31.1. The molecule has 0 aromatic heterocycles. The van der Waals surface area contributed by atoms with Gasteiger partial charge in [0.2, 0.25) is 6.10 Å². The Bertz CT molecular complexity index is 1040. The second kappa shape index (κ2) is 16.0. The Morgan fingerprint density at radius 1 is 0.763 bits per heavy atom. The fraction of sp³-hybridized carbons (Fsp3) is 0.261. The van der Waals surface area contributed by atoms with Crippen LogP contribution in [0.5, 0.6) is 0 Å². The Kier molecular flexibility index (Phi) is 13.1. The molecule has 2 aromatic rings. The molecule has 0 fully saturated rings. The number of nitrogens with zero attached hydrogens (tertiary/aromatic N) is 3. The minimum absolute atomic E-state index is 0.125. The monoisotopic (exact) mass is 534 g/mol. The highest BCUT2D eigenvalue weighted by molar-refractivity contribution is 6.03. The van der Waals surface area contributed by atoms with E-state index in [1.54, 1.807) is 30.3 Å². The quantitative estimate of drug-likeness (QED) is 0.147. The maximum Gasteiger partial charge on any atom is 0.425 e. The minimum atomic E-state index is -1.77. The third-order valence-electron chi connectivity index (χ3n) is 4.36. The van der Waals surface area contributed by atoms with Gasteiger partial charge in [-0.25, -0.2) is 35.3 Å². The van der Waals surface area contributed by atoms with Crippen LogP contribution in [0.1, 0.15) is 11.1 Å². The topological polar surface area (TPSA) is 204 Å². The van der Waals surface area contributed by atoms with Gasteiger partial charge in [0, 0.05) is 21.1 Å². The van der Waals surface area contributed by atoms with E-state index in [2.05, 4.69) is 0 Å². The normalized spacial score (nSPS) is 9.82. The molecule has 0 saturated carbocycles. The van der Waals surface area contributed by atoms with Gasteiger partial charge in [-0.15, -0.1) is 0 Å². The van der Waals surface area contributed by atoms with E-state index in [0.29, 0.717) is 15.6 Å². The highest BCUT2D eigenvalue weighted by atomic mass is 16.6. The molecule has 0 heterocycles. The van der Waals surface area contributed by atoms with E-state index >= 15 is 0 Å². The van der Waals surface area contributed by atoms with Crippen molar-refractivity contribution in [1.29, 1.82) is 0 Å². The Balaban J connectivity index is 0.000000464. The van der Waals surface area contributed by atoms with Crippen LogP contribution in [0.4, 0.5) is 14.4 Å². The van der Waals surface area contributed by atoms with E-state index in [4.69, 9.17) is 25.5 Å². The van der Waals surface area contributed by atoms with Gasteiger partial charge in [0.15, 0.2) is 0 Å². The molecule has 0 aliphatic heterocycles. The third kappa shape index (κ3) is 11.7. The Hall–Kier alpha value is -4.89. The van der Waals surface area contributed by atoms with Gasteiger partial charge in [-0.2, -0.15) is 0 Å². The molecule has 2 rings (SSSR count). The van der Waals surface area contributed by atoms with Crippen LogP contribution in [-0.4, -0.2) is 82.6 Å². The molecule has 2 aromatic carbocycles. The van der Waals surface area contributed by atoms with Crippen molar-refractivity contribution in [2.45, 2.75) is 19.3 Å². The van der Waals surface area contributed by atoms with Gasteiger partial charge in [0.05, 0.1) is 6.61 Å². The van der Waals surface area contributed by atoms with Gasteiger partial charge in [-0.3, -0.25) is 20.4 Å². The predicted octanol–water partition coefficient (Wildman–Crippen LogP) is 0.983. The summed E-state index contributed by atoms with van der Waals surface area (Å²) in [5.41, 5.74) is 5.49. The molecule has 0 radical (unpaired) electrons. The van der Waals surface area contributed by atoms with Crippen LogP contribution in [0.2, 0.25) is 0 Å². The van der Waals surface area contributed by atoms with Gasteiger partial charge in [0.1, 0.15) is 6.61 Å². The van der Waals surface area contributed by atoms with Crippen molar-refractivity contribution in [3.05, 3.63) is 71.8 Å². The number of hydrazine groups is 3. The lowest BCUT2D eigenvalue weighted by atomic mass is 10.2. The summed E-state index contributed by atoms with van der Waals surface area (Å²) in [6, 6.07) is 18.0. The smallest absolute Gasteiger partial charge is 0.425 e. The largest absolute Gasteiger partial charge is 0.464 e. The maximum absolute atomic E-state index is 12.1. The molecule has 206 valence electrons. The molecular weight excluding hydrogens is 504 g/mol. The summed E-state index contributed by atoms with van der Waals surface area (Å²) in [5, 5.41) is 19.3. The standard InChI is InChI=1S/C14H18N4O7.C9H12N2O2/c1-17(13(21)22)15-11(19)10(12(20)16-18(2)14(23)24)25-8-9-6-4-3-5-7-9;1-11(10)9(12)13-7-8-5-3-2-4-6-8/h3-7,10H,8H2,1-2H3,(H,15,19)(H,16,20)(H,21,22)(H,23,24);2-6H,7,10H2,1H3. The van der Waals surface area contributed by atoms with E-state index in [1.165, 1.54) is 7.05 Å². The van der Waals surface area contributed by atoms with Crippen molar-refractivity contribution in [2.75, 3.05) is 21.1 Å². The lowest BCUT2D eigenvalue weighted by Crippen LogP contribution is -2.55. The van der Waals surface area contributed by atoms with Crippen LogP contribution in [0.3, 0.4) is 0 Å². The van der Waals surface area contributed by atoms with Crippen LogP contribution in [0.15, 0.2) is 60.7 Å². The SMILES string of the molecule is CN(N)C(=O)OCc1ccccc1.CN(NC(=O)C(OCc1ccccc1)C(=O)NN(C)C(=O)O)C(=O)O. The molecule has 0 atom stereocenters. The molecular formula is C23H30N6O9. The number of ether oxygens (including phenoxy) is 2. The fourth-order valence-corrected chi connectivity index (χ4v) is 2.39. The number of carbonyl (C=O) groups is 5. The predicted molar refractivity (Wildman–Crippen MR) is 131 cm³/mol. The van der Waals surface area contributed by atoms with Crippen LogP contribution >= 0.6 is 0 Å². The summed E-state index contributed by atoms with van der Waals surface area (Å²) in [6.07, 6.45) is -5.23. The molecule has 15 nitrogen and oxygen atoms in total. The third-order valence-corrected chi connectivity index (χ3v) is 4.36. The van der Waals surface area contributed by atoms with Crippen LogP contribution < -0.4 is 16.7 Å². The van der Waals surface area contributed by atoms with Gasteiger partial charge < -0.3 is 19.7 Å². The lowest BCUT2D eigenvalue weighted by molar-refractivity contribution is -0.150. The number of nitrogens with one attached hydrogen (secondary N) is 2. The summed E-state index contributed by atoms with van der Waals surface area (Å²) in [4.78, 5) is 56.6. The molecule has 0 spiro atoms. The van der Waals surface area contributed by atoms with Crippen LogP contribution in [-0.2, 0) is 32.3 Å². The van der Waals surface area contributed by atoms with E-state index in [1.807, 2.05) is 41.2 Å². The van der Waals surface area contributed by atoms with Gasteiger partial charge >= 0.3 is 18.3 Å². The van der Waals surface area contributed by atoms with Crippen molar-refractivity contribution in [1.82, 2.24) is 25.9 Å². The summed E-state index contributed by atoms with van der Waals surface area (Å²) in [7, 11) is 3.54. The molecule has 0 saturated heterocycles. The molecule has 0 aliphatic carbocycles. The van der Waals surface area contributed by atoms with E-state index in [-0.39, 0.29) is 13.2 Å². The molecule has 0 bridgehead atoms.